The molecule has 92 valence electrons. The summed E-state index contributed by atoms with van der Waals surface area (Å²) in [6.45, 7) is 3.66. The van der Waals surface area contributed by atoms with Crippen LogP contribution in [-0.4, -0.2) is 16.8 Å². The van der Waals surface area contributed by atoms with Gasteiger partial charge in [-0.15, -0.1) is 0 Å². The van der Waals surface area contributed by atoms with Crippen molar-refractivity contribution in [2.75, 3.05) is 5.75 Å². The molecule has 1 aliphatic rings. The van der Waals surface area contributed by atoms with Crippen molar-refractivity contribution in [1.82, 2.24) is 0 Å². The van der Waals surface area contributed by atoms with E-state index in [4.69, 9.17) is 0 Å². The molecule has 0 aliphatic carbocycles. The lowest BCUT2D eigenvalue weighted by Crippen LogP contribution is -2.23. The van der Waals surface area contributed by atoms with E-state index in [1.165, 1.54) is 12.5 Å². The highest BCUT2D eigenvalue weighted by Gasteiger charge is 2.26. The lowest BCUT2D eigenvalue weighted by Gasteiger charge is -2.21. The minimum atomic E-state index is -0.362. The monoisotopic (exact) mass is 252 g/mol. The molecule has 1 heterocycles. The van der Waals surface area contributed by atoms with Gasteiger partial charge in [-0.2, -0.15) is 11.8 Å². The molecule has 0 radical (unpaired) electrons. The molecule has 3 heteroatoms. The summed E-state index contributed by atoms with van der Waals surface area (Å²) in [6.07, 6.45) is 3.13. The number of carbonyl (C=O) groups excluding carboxylic acids is 1. The number of aryl methyl sites for hydroxylation is 2. The zero-order valence-electron chi connectivity index (χ0n) is 10.3. The second-order valence-electron chi connectivity index (χ2n) is 4.66. The van der Waals surface area contributed by atoms with Crippen LogP contribution in [0.3, 0.4) is 0 Å². The predicted octanol–water partition coefficient (Wildman–Crippen LogP) is 3.91. The average Bonchev–Trinajstić information content (AvgIpc) is 2.28. The van der Waals surface area contributed by atoms with Crippen molar-refractivity contribution >= 4 is 17.5 Å². The highest BCUT2D eigenvalue weighted by Crippen LogP contribution is 2.29. The van der Waals surface area contributed by atoms with Crippen molar-refractivity contribution in [3.8, 4) is 0 Å². The lowest BCUT2D eigenvalue weighted by atomic mass is 9.97. The van der Waals surface area contributed by atoms with Gasteiger partial charge in [0.25, 0.3) is 0 Å². The van der Waals surface area contributed by atoms with Gasteiger partial charge in [0.2, 0.25) is 0 Å². The summed E-state index contributed by atoms with van der Waals surface area (Å²) in [6, 6.07) is 3.33. The number of thioether (sulfide) groups is 1. The molecule has 17 heavy (non-hydrogen) atoms. The summed E-state index contributed by atoms with van der Waals surface area (Å²) in [4.78, 5) is 12.3. The standard InChI is InChI=1S/C14H17FOS/c1-9-7-10(2)13(11(15)8-9)14(16)12-5-3-4-6-17-12/h7-8,12H,3-6H2,1-2H3. The molecule has 1 nitrogen and oxygen atoms in total. The molecule has 0 bridgehead atoms. The third-order valence-electron chi connectivity index (χ3n) is 3.15. The molecule has 0 N–H and O–H groups in total. The van der Waals surface area contributed by atoms with Crippen LogP contribution in [0.5, 0.6) is 0 Å². The van der Waals surface area contributed by atoms with E-state index in [1.807, 2.05) is 19.9 Å². The summed E-state index contributed by atoms with van der Waals surface area (Å²) in [7, 11) is 0. The Morgan fingerprint density at radius 3 is 2.71 bits per heavy atom. The summed E-state index contributed by atoms with van der Waals surface area (Å²) in [5.74, 6) is 0.631. The van der Waals surface area contributed by atoms with Crippen molar-refractivity contribution < 1.29 is 9.18 Å². The topological polar surface area (TPSA) is 17.1 Å². The smallest absolute Gasteiger partial charge is 0.179 e. The van der Waals surface area contributed by atoms with Crippen LogP contribution in [0.15, 0.2) is 12.1 Å². The average molecular weight is 252 g/mol. The van der Waals surface area contributed by atoms with Gasteiger partial charge in [-0.1, -0.05) is 12.5 Å². The summed E-state index contributed by atoms with van der Waals surface area (Å²) in [5, 5.41) is -0.0420. The van der Waals surface area contributed by atoms with Crippen molar-refractivity contribution in [3.05, 3.63) is 34.6 Å². The number of benzene rings is 1. The van der Waals surface area contributed by atoms with Crippen molar-refractivity contribution in [2.24, 2.45) is 0 Å². The molecular weight excluding hydrogens is 235 g/mol. The highest BCUT2D eigenvalue weighted by atomic mass is 32.2. The fraction of sp³-hybridized carbons (Fsp3) is 0.500. The maximum Gasteiger partial charge on any atom is 0.179 e. The van der Waals surface area contributed by atoms with Crippen LogP contribution in [0.4, 0.5) is 4.39 Å². The molecule has 1 atom stereocenters. The number of hydrogen-bond acceptors (Lipinski definition) is 2. The SMILES string of the molecule is Cc1cc(C)c(C(=O)C2CCCCS2)c(F)c1. The molecule has 2 rings (SSSR count). The van der Waals surface area contributed by atoms with E-state index >= 15 is 0 Å². The quantitative estimate of drug-likeness (QED) is 0.742. The number of rotatable bonds is 2. The molecule has 1 fully saturated rings. The normalized spacial score (nSPS) is 20.3. The van der Waals surface area contributed by atoms with Crippen LogP contribution in [0.1, 0.15) is 40.7 Å². The van der Waals surface area contributed by atoms with Crippen LogP contribution >= 0.6 is 11.8 Å². The van der Waals surface area contributed by atoms with E-state index in [2.05, 4.69) is 0 Å². The molecule has 1 unspecified atom stereocenters. The van der Waals surface area contributed by atoms with Crippen LogP contribution in [-0.2, 0) is 0 Å². The summed E-state index contributed by atoms with van der Waals surface area (Å²) < 4.78 is 13.9. The Labute approximate surface area is 106 Å². The Kier molecular flexibility index (Phi) is 3.87. The van der Waals surface area contributed by atoms with Crippen molar-refractivity contribution in [1.29, 1.82) is 0 Å². The minimum absolute atomic E-state index is 0.0234. The van der Waals surface area contributed by atoms with Gasteiger partial charge in [0, 0.05) is 0 Å². The maximum absolute atomic E-state index is 13.9. The molecule has 0 aromatic heterocycles. The number of ketones is 1. The van der Waals surface area contributed by atoms with Gasteiger partial charge in [-0.3, -0.25) is 4.79 Å². The maximum atomic E-state index is 13.9. The molecule has 0 amide bonds. The zero-order valence-corrected chi connectivity index (χ0v) is 11.1. The predicted molar refractivity (Wildman–Crippen MR) is 70.3 cm³/mol. The van der Waals surface area contributed by atoms with Gasteiger partial charge in [-0.25, -0.2) is 4.39 Å². The van der Waals surface area contributed by atoms with E-state index in [0.717, 1.165) is 29.7 Å². The molecule has 1 aromatic carbocycles. The molecule has 1 aromatic rings. The highest BCUT2D eigenvalue weighted by molar-refractivity contribution is 8.00. The van der Waals surface area contributed by atoms with Crippen LogP contribution in [0.25, 0.3) is 0 Å². The molecule has 0 saturated carbocycles. The number of carbonyl (C=O) groups is 1. The first-order valence-electron chi connectivity index (χ1n) is 6.02. The summed E-state index contributed by atoms with van der Waals surface area (Å²) in [5.41, 5.74) is 1.93. The fourth-order valence-corrected chi connectivity index (χ4v) is 3.59. The van der Waals surface area contributed by atoms with Crippen LogP contribution in [0.2, 0.25) is 0 Å². The molecule has 0 spiro atoms. The second kappa shape index (κ2) is 5.21. The van der Waals surface area contributed by atoms with Gasteiger partial charge in [0.1, 0.15) is 5.82 Å². The number of hydrogen-bond donors (Lipinski definition) is 0. The van der Waals surface area contributed by atoms with Gasteiger partial charge in [0.05, 0.1) is 10.8 Å². The third kappa shape index (κ3) is 2.71. The Balaban J connectivity index is 2.30. The minimum Gasteiger partial charge on any atom is -0.293 e. The van der Waals surface area contributed by atoms with Crippen LogP contribution < -0.4 is 0 Å². The van der Waals surface area contributed by atoms with E-state index in [9.17, 15) is 9.18 Å². The van der Waals surface area contributed by atoms with Gasteiger partial charge < -0.3 is 0 Å². The fourth-order valence-electron chi connectivity index (χ4n) is 2.34. The van der Waals surface area contributed by atoms with Crippen LogP contribution in [0, 0.1) is 19.7 Å². The Hall–Kier alpha value is -0.830. The van der Waals surface area contributed by atoms with Crippen molar-refractivity contribution in [3.63, 3.8) is 0 Å². The van der Waals surface area contributed by atoms with E-state index in [0.29, 0.717) is 5.56 Å². The Bertz CT molecular complexity index is 413. The number of halogens is 1. The Morgan fingerprint density at radius 2 is 2.12 bits per heavy atom. The molecule has 1 aliphatic heterocycles. The number of Topliss-reactive ketones (excluding diaryl/α,β-unsaturated/α-hetero) is 1. The van der Waals surface area contributed by atoms with Gasteiger partial charge in [-0.05, 0) is 49.6 Å². The lowest BCUT2D eigenvalue weighted by molar-refractivity contribution is 0.0980. The van der Waals surface area contributed by atoms with E-state index in [1.54, 1.807) is 11.8 Å². The van der Waals surface area contributed by atoms with Gasteiger partial charge >= 0.3 is 0 Å². The summed E-state index contributed by atoms with van der Waals surface area (Å²) >= 11 is 1.67. The zero-order chi connectivity index (χ0) is 12.4. The largest absolute Gasteiger partial charge is 0.293 e. The van der Waals surface area contributed by atoms with E-state index < -0.39 is 0 Å². The first kappa shape index (κ1) is 12.6. The van der Waals surface area contributed by atoms with Crippen molar-refractivity contribution in [2.45, 2.75) is 38.4 Å². The molecular formula is C14H17FOS. The first-order valence-corrected chi connectivity index (χ1v) is 7.07. The second-order valence-corrected chi connectivity index (χ2v) is 5.97. The first-order chi connectivity index (χ1) is 8.09. The molecule has 1 saturated heterocycles. The van der Waals surface area contributed by atoms with E-state index in [-0.39, 0.29) is 16.9 Å². The third-order valence-corrected chi connectivity index (χ3v) is 4.53. The Morgan fingerprint density at radius 1 is 1.35 bits per heavy atom. The van der Waals surface area contributed by atoms with Gasteiger partial charge in [0.15, 0.2) is 5.78 Å².